The summed E-state index contributed by atoms with van der Waals surface area (Å²) in [6.07, 6.45) is -10.0. The summed E-state index contributed by atoms with van der Waals surface area (Å²) in [5.41, 5.74) is 7.80. The summed E-state index contributed by atoms with van der Waals surface area (Å²) in [4.78, 5) is 0. The maximum Gasteiger partial charge on any atom is 0.416 e. The van der Waals surface area contributed by atoms with Crippen molar-refractivity contribution >= 4 is 43.6 Å². The molecule has 7 aromatic carbocycles. The van der Waals surface area contributed by atoms with Crippen molar-refractivity contribution in [2.24, 2.45) is 0 Å². The van der Waals surface area contributed by atoms with E-state index in [2.05, 4.69) is 47.0 Å². The van der Waals surface area contributed by atoms with E-state index in [9.17, 15) is 31.6 Å². The number of nitrogens with zero attached hydrogens (tertiary/aromatic N) is 3. The SMILES string of the molecule is Cc1ccc2c(c1)c1cc(C)ccc1n2-c1cc(C#N)ccc1-c1ccc(-c2cc(C(F)(F)F)cc(C(F)(F)F)c2)cc1-n1c2ccc(C)cc2c2cc(C)ccc21. The Morgan fingerprint density at radius 1 is 0.414 bits per heavy atom. The smallest absolute Gasteiger partial charge is 0.309 e. The lowest BCUT2D eigenvalue weighted by atomic mass is 9.94. The summed E-state index contributed by atoms with van der Waals surface area (Å²) >= 11 is 0. The molecule has 0 N–H and O–H groups in total. The van der Waals surface area contributed by atoms with Gasteiger partial charge in [-0.2, -0.15) is 31.6 Å². The average molecular weight is 778 g/mol. The summed E-state index contributed by atoms with van der Waals surface area (Å²) in [7, 11) is 0. The number of nitriles is 1. The molecule has 9 heteroatoms. The second-order valence-corrected chi connectivity index (χ2v) is 15.1. The van der Waals surface area contributed by atoms with E-state index in [1.807, 2.05) is 80.8 Å². The number of alkyl halides is 6. The van der Waals surface area contributed by atoms with Gasteiger partial charge in [0.1, 0.15) is 0 Å². The number of aromatic nitrogens is 2. The minimum Gasteiger partial charge on any atom is -0.309 e. The van der Waals surface area contributed by atoms with Crippen molar-refractivity contribution in [1.29, 1.82) is 5.26 Å². The first-order valence-electron chi connectivity index (χ1n) is 18.6. The zero-order chi connectivity index (χ0) is 40.8. The molecule has 0 atom stereocenters. The van der Waals surface area contributed by atoms with Gasteiger partial charge in [-0.15, -0.1) is 0 Å². The zero-order valence-electron chi connectivity index (χ0n) is 31.7. The lowest BCUT2D eigenvalue weighted by Gasteiger charge is -2.20. The normalized spacial score (nSPS) is 12.3. The van der Waals surface area contributed by atoms with Gasteiger partial charge in [-0.3, -0.25) is 0 Å². The molecule has 0 unspecified atom stereocenters. The highest BCUT2D eigenvalue weighted by atomic mass is 19.4. The summed E-state index contributed by atoms with van der Waals surface area (Å²) in [6.45, 7) is 8.05. The van der Waals surface area contributed by atoms with Gasteiger partial charge in [0.2, 0.25) is 0 Å². The van der Waals surface area contributed by atoms with E-state index >= 15 is 0 Å². The third kappa shape index (κ3) is 6.08. The first-order valence-corrected chi connectivity index (χ1v) is 18.6. The highest BCUT2D eigenvalue weighted by molar-refractivity contribution is 6.12. The fourth-order valence-corrected chi connectivity index (χ4v) is 8.28. The molecular formula is C49H33F6N3. The van der Waals surface area contributed by atoms with E-state index in [-0.39, 0.29) is 17.2 Å². The Balaban J connectivity index is 1.42. The van der Waals surface area contributed by atoms with E-state index in [1.165, 1.54) is 0 Å². The van der Waals surface area contributed by atoms with Crippen molar-refractivity contribution in [3.8, 4) is 39.7 Å². The second-order valence-electron chi connectivity index (χ2n) is 15.1. The quantitative estimate of drug-likeness (QED) is 0.164. The molecule has 0 aliphatic rings. The van der Waals surface area contributed by atoms with Gasteiger partial charge in [-0.05, 0) is 124 Å². The van der Waals surface area contributed by atoms with Crippen molar-refractivity contribution in [3.63, 3.8) is 0 Å². The van der Waals surface area contributed by atoms with Crippen molar-refractivity contribution in [2.45, 2.75) is 40.0 Å². The fraction of sp³-hybridized carbons (Fsp3) is 0.122. The van der Waals surface area contributed by atoms with Gasteiger partial charge in [-0.25, -0.2) is 0 Å². The van der Waals surface area contributed by atoms with Crippen LogP contribution < -0.4 is 0 Å². The number of fused-ring (bicyclic) bond motifs is 6. The van der Waals surface area contributed by atoms with Crippen molar-refractivity contribution < 1.29 is 26.3 Å². The maximum atomic E-state index is 14.2. The Kier molecular flexibility index (Phi) is 8.34. The predicted molar refractivity (Wildman–Crippen MR) is 220 cm³/mol. The lowest BCUT2D eigenvalue weighted by molar-refractivity contribution is -0.143. The molecule has 0 bridgehead atoms. The van der Waals surface area contributed by atoms with Crippen LogP contribution in [0.15, 0.2) is 127 Å². The molecule has 0 fully saturated rings. The molecule has 0 aliphatic carbocycles. The van der Waals surface area contributed by atoms with Crippen molar-refractivity contribution in [2.75, 3.05) is 0 Å². The molecule has 3 nitrogen and oxygen atoms in total. The molecule has 0 saturated carbocycles. The summed E-state index contributed by atoms with van der Waals surface area (Å²) < 4.78 is 89.1. The molecular weight excluding hydrogens is 745 g/mol. The molecule has 0 amide bonds. The van der Waals surface area contributed by atoms with E-state index in [0.29, 0.717) is 28.1 Å². The largest absolute Gasteiger partial charge is 0.416 e. The number of rotatable bonds is 4. The van der Waals surface area contributed by atoms with Crippen LogP contribution in [0, 0.1) is 39.0 Å². The van der Waals surface area contributed by atoms with Crippen molar-refractivity contribution in [1.82, 2.24) is 9.13 Å². The van der Waals surface area contributed by atoms with Crippen LogP contribution in [0.4, 0.5) is 26.3 Å². The topological polar surface area (TPSA) is 33.6 Å². The first kappa shape index (κ1) is 36.8. The molecule has 2 aromatic heterocycles. The third-order valence-corrected chi connectivity index (χ3v) is 11.0. The predicted octanol–water partition coefficient (Wildman–Crippen LogP) is 14.4. The van der Waals surface area contributed by atoms with Crippen LogP contribution in [0.2, 0.25) is 0 Å². The van der Waals surface area contributed by atoms with Gasteiger partial charge in [0.05, 0.1) is 56.2 Å². The van der Waals surface area contributed by atoms with Gasteiger partial charge in [0.15, 0.2) is 0 Å². The summed E-state index contributed by atoms with van der Waals surface area (Å²) in [6, 6.07) is 38.9. The number of hydrogen-bond donors (Lipinski definition) is 0. The van der Waals surface area contributed by atoms with Gasteiger partial charge in [0, 0.05) is 32.7 Å². The zero-order valence-corrected chi connectivity index (χ0v) is 31.7. The minimum atomic E-state index is -5.02. The highest BCUT2D eigenvalue weighted by Gasteiger charge is 2.37. The fourth-order valence-electron chi connectivity index (χ4n) is 8.28. The van der Waals surface area contributed by atoms with Gasteiger partial charge >= 0.3 is 12.4 Å². The van der Waals surface area contributed by atoms with E-state index in [4.69, 9.17) is 0 Å². The van der Waals surface area contributed by atoms with Crippen molar-refractivity contribution in [3.05, 3.63) is 166 Å². The van der Waals surface area contributed by atoms with Crippen LogP contribution in [0.25, 0.3) is 77.2 Å². The standard InChI is InChI=1S/C49H33F6N3/c1-27-5-13-42-38(17-27)39-18-28(2)6-14-43(39)57(42)46-21-31(26-56)9-11-36(46)37-12-10-32(33-22-34(48(50,51)52)25-35(23-33)49(53,54)55)24-47(37)58-44-15-7-29(3)19-40(44)41-20-30(4)8-16-45(41)58/h5-25H,1-4H3. The van der Waals surface area contributed by atoms with Gasteiger partial charge in [0.25, 0.3) is 0 Å². The van der Waals surface area contributed by atoms with Gasteiger partial charge < -0.3 is 9.13 Å². The van der Waals surface area contributed by atoms with E-state index < -0.39 is 23.5 Å². The Morgan fingerprint density at radius 3 is 1.17 bits per heavy atom. The summed E-state index contributed by atoms with van der Waals surface area (Å²) in [5, 5.41) is 14.2. The van der Waals surface area contributed by atoms with Crippen LogP contribution in [0.1, 0.15) is 38.9 Å². The Labute approximate surface area is 329 Å². The molecule has 9 rings (SSSR count). The van der Waals surface area contributed by atoms with Crippen LogP contribution in [0.3, 0.4) is 0 Å². The molecule has 9 aromatic rings. The molecule has 286 valence electrons. The molecule has 0 saturated heterocycles. The maximum absolute atomic E-state index is 14.2. The number of halogens is 6. The Morgan fingerprint density at radius 2 is 0.793 bits per heavy atom. The van der Waals surface area contributed by atoms with Crippen LogP contribution in [-0.4, -0.2) is 9.13 Å². The minimum absolute atomic E-state index is 0.147. The van der Waals surface area contributed by atoms with E-state index in [0.717, 1.165) is 78.0 Å². The van der Waals surface area contributed by atoms with Crippen LogP contribution >= 0.6 is 0 Å². The average Bonchev–Trinajstić information content (AvgIpc) is 3.67. The Hall–Kier alpha value is -6.79. The first-order chi connectivity index (χ1) is 27.6. The summed E-state index contributed by atoms with van der Waals surface area (Å²) in [5.74, 6) is 0. The monoisotopic (exact) mass is 777 g/mol. The number of hydrogen-bond acceptors (Lipinski definition) is 1. The molecule has 0 radical (unpaired) electrons. The lowest BCUT2D eigenvalue weighted by Crippen LogP contribution is -2.11. The van der Waals surface area contributed by atoms with Crippen LogP contribution in [0.5, 0.6) is 0 Å². The third-order valence-electron chi connectivity index (χ3n) is 11.0. The highest BCUT2D eigenvalue weighted by Crippen LogP contribution is 2.44. The Bertz CT molecular complexity index is 3060. The van der Waals surface area contributed by atoms with E-state index in [1.54, 1.807) is 24.3 Å². The molecule has 2 heterocycles. The number of benzene rings is 7. The second kappa shape index (κ2) is 13.1. The van der Waals surface area contributed by atoms with Gasteiger partial charge in [-0.1, -0.05) is 64.7 Å². The number of aryl methyl sites for hydroxylation is 4. The molecule has 0 spiro atoms. The van der Waals surface area contributed by atoms with Crippen LogP contribution in [-0.2, 0) is 12.4 Å². The molecule has 0 aliphatic heterocycles. The molecule has 58 heavy (non-hydrogen) atoms.